The number of oxime groups is 1. The van der Waals surface area contributed by atoms with Crippen molar-refractivity contribution in [3.63, 3.8) is 0 Å². The van der Waals surface area contributed by atoms with Gasteiger partial charge in [0.15, 0.2) is 6.61 Å². The normalized spacial score (nSPS) is 22.9. The third-order valence-electron chi connectivity index (χ3n) is 5.87. The van der Waals surface area contributed by atoms with Crippen molar-refractivity contribution in [1.82, 2.24) is 4.90 Å². The van der Waals surface area contributed by atoms with Crippen molar-refractivity contribution >= 4 is 29.2 Å². The van der Waals surface area contributed by atoms with Crippen LogP contribution in [0.4, 0.5) is 0 Å². The van der Waals surface area contributed by atoms with Crippen LogP contribution in [0.15, 0.2) is 35.5 Å². The van der Waals surface area contributed by atoms with Gasteiger partial charge in [0.1, 0.15) is 17.1 Å². The van der Waals surface area contributed by atoms with E-state index in [1.807, 2.05) is 25.2 Å². The predicted octanol–water partition coefficient (Wildman–Crippen LogP) is 4.52. The number of benzene rings is 1. The van der Waals surface area contributed by atoms with Crippen molar-refractivity contribution in [3.05, 3.63) is 46.5 Å². The van der Waals surface area contributed by atoms with Gasteiger partial charge in [-0.25, -0.2) is 4.79 Å². The second kappa shape index (κ2) is 12.5. The van der Waals surface area contributed by atoms with E-state index in [1.54, 1.807) is 11.0 Å². The highest BCUT2D eigenvalue weighted by Crippen LogP contribution is 2.37. The number of phenols is 2. The lowest BCUT2D eigenvalue weighted by molar-refractivity contribution is -0.139. The number of hydrogen-bond donors (Lipinski definition) is 2. The van der Waals surface area contributed by atoms with Crippen molar-refractivity contribution in [2.75, 3.05) is 19.8 Å². The third-order valence-corrected chi connectivity index (χ3v) is 6.29. The van der Waals surface area contributed by atoms with Gasteiger partial charge in [-0.3, -0.25) is 4.79 Å². The number of carbonyl (C=O) groups excluding carboxylic acids is 2. The SMILES string of the molecule is CC1CCCCN1C(=O)CO/N=C1/C=C/CC/C=C/CCOC(=O)c2c(O)cc(O)c(Cl)c2C1. The minimum absolute atomic E-state index is 0.0220. The second-order valence-electron chi connectivity index (χ2n) is 8.42. The molecule has 2 N–H and O–H groups in total. The summed E-state index contributed by atoms with van der Waals surface area (Å²) in [6, 6.07) is 1.18. The van der Waals surface area contributed by atoms with E-state index < -0.39 is 11.7 Å². The summed E-state index contributed by atoms with van der Waals surface area (Å²) in [5, 5.41) is 24.5. The molecule has 1 saturated heterocycles. The van der Waals surface area contributed by atoms with E-state index in [0.29, 0.717) is 18.7 Å². The van der Waals surface area contributed by atoms with Gasteiger partial charge in [-0.1, -0.05) is 35.0 Å². The first-order chi connectivity index (χ1) is 16.4. The summed E-state index contributed by atoms with van der Waals surface area (Å²) in [6.45, 7) is 2.66. The molecule has 0 saturated carbocycles. The maximum absolute atomic E-state index is 12.7. The smallest absolute Gasteiger partial charge is 0.342 e. The van der Waals surface area contributed by atoms with Crippen molar-refractivity contribution < 1.29 is 29.4 Å². The van der Waals surface area contributed by atoms with Crippen LogP contribution in [0.3, 0.4) is 0 Å². The number of phenolic OH excluding ortho intramolecular Hbond substituents is 2. The highest BCUT2D eigenvalue weighted by atomic mass is 35.5. The summed E-state index contributed by atoms with van der Waals surface area (Å²) < 4.78 is 5.28. The van der Waals surface area contributed by atoms with E-state index in [-0.39, 0.29) is 53.5 Å². The van der Waals surface area contributed by atoms with Crippen molar-refractivity contribution in [2.24, 2.45) is 5.16 Å². The Labute approximate surface area is 204 Å². The number of fused-ring (bicyclic) bond motifs is 1. The minimum Gasteiger partial charge on any atom is -0.507 e. The standard InChI is InChI=1S/C25H31ClN2O6/c1-17-10-7-8-12-28(17)22(31)16-34-27-18-11-6-4-2-3-5-9-13-33-25(32)23-19(14-18)24(26)21(30)15-20(23)29/h3,5-6,11,15,17,29-30H,2,4,7-10,12-14,16H2,1H3/b5-3+,11-6+,27-18-. The van der Waals surface area contributed by atoms with E-state index in [4.69, 9.17) is 21.2 Å². The molecule has 1 atom stereocenters. The van der Waals surface area contributed by atoms with E-state index in [0.717, 1.165) is 38.2 Å². The molecule has 3 rings (SSSR count). The number of piperidine rings is 1. The molecule has 0 spiro atoms. The number of carbonyl (C=O) groups is 2. The molecule has 0 aromatic heterocycles. The quantitative estimate of drug-likeness (QED) is 0.366. The number of halogens is 1. The largest absolute Gasteiger partial charge is 0.507 e. The Morgan fingerprint density at radius 1 is 1.21 bits per heavy atom. The molecule has 9 heteroatoms. The number of rotatable bonds is 3. The van der Waals surface area contributed by atoms with Crippen molar-refractivity contribution in [1.29, 1.82) is 0 Å². The molecule has 2 aliphatic rings. The van der Waals surface area contributed by atoms with E-state index in [1.165, 1.54) is 0 Å². The molecule has 0 radical (unpaired) electrons. The Hall–Kier alpha value is -3.00. The zero-order valence-electron chi connectivity index (χ0n) is 19.3. The average molecular weight is 491 g/mol. The number of cyclic esters (lactones) is 1. The van der Waals surface area contributed by atoms with Crippen LogP contribution in [0, 0.1) is 0 Å². The van der Waals surface area contributed by atoms with Crippen LogP contribution in [-0.2, 0) is 20.8 Å². The zero-order valence-corrected chi connectivity index (χ0v) is 20.1. The number of amides is 1. The van der Waals surface area contributed by atoms with Gasteiger partial charge in [-0.15, -0.1) is 0 Å². The molecule has 0 bridgehead atoms. The average Bonchev–Trinajstić information content (AvgIpc) is 2.80. The first-order valence-electron chi connectivity index (χ1n) is 11.6. The van der Waals surface area contributed by atoms with Gasteiger partial charge in [0.2, 0.25) is 0 Å². The van der Waals surface area contributed by atoms with Crippen LogP contribution in [-0.4, -0.2) is 58.5 Å². The summed E-state index contributed by atoms with van der Waals surface area (Å²) in [5.74, 6) is -1.70. The van der Waals surface area contributed by atoms with Gasteiger partial charge in [0.05, 0.1) is 17.3 Å². The molecular weight excluding hydrogens is 460 g/mol. The molecule has 1 amide bonds. The Kier molecular flexibility index (Phi) is 9.39. The number of allylic oxidation sites excluding steroid dienone is 3. The van der Waals surface area contributed by atoms with Gasteiger partial charge in [-0.05, 0) is 57.1 Å². The molecule has 1 aromatic carbocycles. The summed E-state index contributed by atoms with van der Waals surface area (Å²) >= 11 is 6.31. The van der Waals surface area contributed by atoms with E-state index in [9.17, 15) is 19.8 Å². The first-order valence-corrected chi connectivity index (χ1v) is 12.0. The molecule has 184 valence electrons. The number of esters is 1. The fraction of sp³-hybridized carbons (Fsp3) is 0.480. The van der Waals surface area contributed by atoms with Gasteiger partial charge >= 0.3 is 5.97 Å². The molecule has 34 heavy (non-hydrogen) atoms. The van der Waals surface area contributed by atoms with Crippen molar-refractivity contribution in [2.45, 2.75) is 57.9 Å². The zero-order chi connectivity index (χ0) is 24.5. The highest BCUT2D eigenvalue weighted by Gasteiger charge is 2.25. The molecule has 2 heterocycles. The van der Waals surface area contributed by atoms with Crippen LogP contribution >= 0.6 is 11.6 Å². The van der Waals surface area contributed by atoms with Crippen molar-refractivity contribution in [3.8, 4) is 11.5 Å². The number of hydrogen-bond acceptors (Lipinski definition) is 7. The van der Waals surface area contributed by atoms with Crippen LogP contribution in [0.1, 0.15) is 61.4 Å². The van der Waals surface area contributed by atoms with Crippen LogP contribution in [0.2, 0.25) is 5.02 Å². The Bertz CT molecular complexity index is 988. The molecule has 2 aliphatic heterocycles. The van der Waals surface area contributed by atoms with E-state index in [2.05, 4.69) is 5.16 Å². The molecule has 1 unspecified atom stereocenters. The maximum atomic E-state index is 12.7. The number of aromatic hydroxyl groups is 2. The Balaban J connectivity index is 1.86. The molecule has 1 fully saturated rings. The monoisotopic (exact) mass is 490 g/mol. The number of likely N-dealkylation sites (tertiary alicyclic amines) is 1. The molecule has 8 nitrogen and oxygen atoms in total. The molecular formula is C25H31ClN2O6. The van der Waals surface area contributed by atoms with Gasteiger partial charge in [0, 0.05) is 25.1 Å². The number of nitrogens with zero attached hydrogens (tertiary/aromatic N) is 2. The molecule has 1 aromatic rings. The summed E-state index contributed by atoms with van der Waals surface area (Å²) in [7, 11) is 0. The Morgan fingerprint density at radius 3 is 2.76 bits per heavy atom. The summed E-state index contributed by atoms with van der Waals surface area (Å²) in [4.78, 5) is 32.5. The lowest BCUT2D eigenvalue weighted by atomic mass is 9.99. The Morgan fingerprint density at radius 2 is 1.97 bits per heavy atom. The van der Waals surface area contributed by atoms with E-state index >= 15 is 0 Å². The summed E-state index contributed by atoms with van der Waals surface area (Å²) in [5.41, 5.74) is 0.407. The maximum Gasteiger partial charge on any atom is 0.342 e. The fourth-order valence-electron chi connectivity index (χ4n) is 4.04. The van der Waals surface area contributed by atoms with Crippen LogP contribution in [0.5, 0.6) is 11.5 Å². The van der Waals surface area contributed by atoms with Gasteiger partial charge in [-0.2, -0.15) is 0 Å². The van der Waals surface area contributed by atoms with Gasteiger partial charge < -0.3 is 24.7 Å². The van der Waals surface area contributed by atoms with Crippen LogP contribution in [0.25, 0.3) is 0 Å². The van der Waals surface area contributed by atoms with Crippen LogP contribution < -0.4 is 0 Å². The lowest BCUT2D eigenvalue weighted by Gasteiger charge is -2.32. The number of ether oxygens (including phenoxy) is 1. The molecule has 0 aliphatic carbocycles. The summed E-state index contributed by atoms with van der Waals surface area (Å²) in [6.07, 6.45) is 12.6. The first kappa shape index (κ1) is 25.6. The second-order valence-corrected chi connectivity index (χ2v) is 8.80. The fourth-order valence-corrected chi connectivity index (χ4v) is 4.26. The third kappa shape index (κ3) is 6.76. The highest BCUT2D eigenvalue weighted by molar-refractivity contribution is 6.33. The van der Waals surface area contributed by atoms with Gasteiger partial charge in [0.25, 0.3) is 5.91 Å². The lowest BCUT2D eigenvalue weighted by Crippen LogP contribution is -2.43. The minimum atomic E-state index is -0.752. The predicted molar refractivity (Wildman–Crippen MR) is 129 cm³/mol. The topological polar surface area (TPSA) is 109 Å².